The van der Waals surface area contributed by atoms with Crippen LogP contribution >= 0.6 is 0 Å². The molecule has 0 aliphatic rings. The average molecular weight is 396 g/mol. The molecule has 5 heteroatoms. The molecular weight excluding hydrogens is 372 g/mol. The number of carbonyl (C=O) groups is 1. The first-order chi connectivity index (χ1) is 14.5. The molecule has 0 atom stereocenters. The highest BCUT2D eigenvalue weighted by molar-refractivity contribution is 6.01. The first kappa shape index (κ1) is 19.6. The van der Waals surface area contributed by atoms with Crippen LogP contribution in [0.5, 0.6) is 0 Å². The zero-order valence-corrected chi connectivity index (χ0v) is 17.4. The van der Waals surface area contributed by atoms with Gasteiger partial charge in [-0.2, -0.15) is 0 Å². The van der Waals surface area contributed by atoms with Crippen molar-refractivity contribution in [2.24, 2.45) is 0 Å². The molecule has 1 N–H and O–H groups in total. The lowest BCUT2D eigenvalue weighted by Gasteiger charge is -2.08. The van der Waals surface area contributed by atoms with Gasteiger partial charge < -0.3 is 5.32 Å². The minimum atomic E-state index is -0.333. The van der Waals surface area contributed by atoms with Gasteiger partial charge in [0.05, 0.1) is 5.69 Å². The zero-order chi connectivity index (χ0) is 21.1. The fraction of sp³-hybridized carbons (Fsp3) is 0.160. The summed E-state index contributed by atoms with van der Waals surface area (Å²) in [5.41, 5.74) is 5.96. The highest BCUT2D eigenvalue weighted by Gasteiger charge is 2.19. The maximum absolute atomic E-state index is 12.9. The monoisotopic (exact) mass is 396 g/mol. The van der Waals surface area contributed by atoms with Crippen LogP contribution in [0.3, 0.4) is 0 Å². The first-order valence-corrected chi connectivity index (χ1v) is 10.1. The van der Waals surface area contributed by atoms with Crippen LogP contribution in [0.1, 0.15) is 34.2 Å². The summed E-state index contributed by atoms with van der Waals surface area (Å²) in [6.45, 7) is 6.16. The Morgan fingerprint density at radius 3 is 2.30 bits per heavy atom. The third-order valence-electron chi connectivity index (χ3n) is 5.08. The number of nitrogens with one attached hydrogen (secondary N) is 1. The molecule has 0 spiro atoms. The zero-order valence-electron chi connectivity index (χ0n) is 17.4. The van der Waals surface area contributed by atoms with Gasteiger partial charge in [0.25, 0.3) is 5.91 Å². The van der Waals surface area contributed by atoms with Crippen LogP contribution in [-0.4, -0.2) is 20.7 Å². The fourth-order valence-corrected chi connectivity index (χ4v) is 3.28. The van der Waals surface area contributed by atoms with E-state index in [0.717, 1.165) is 34.5 Å². The van der Waals surface area contributed by atoms with Crippen LogP contribution < -0.4 is 5.32 Å². The standard InChI is InChI=1S/C25H24N4O/c1-4-19-11-15-21(16-12-19)26-25(30)23-27-24(20-13-9-17(2)10-14-20)29(28-23)22-8-6-5-7-18(22)3/h5-16H,4H2,1-3H3,(H,26,30). The third-order valence-corrected chi connectivity index (χ3v) is 5.08. The summed E-state index contributed by atoms with van der Waals surface area (Å²) in [7, 11) is 0. The van der Waals surface area contributed by atoms with Gasteiger partial charge in [-0.3, -0.25) is 4.79 Å². The quantitative estimate of drug-likeness (QED) is 0.494. The van der Waals surface area contributed by atoms with E-state index >= 15 is 0 Å². The van der Waals surface area contributed by atoms with Gasteiger partial charge in [-0.15, -0.1) is 5.10 Å². The lowest BCUT2D eigenvalue weighted by molar-refractivity contribution is 0.101. The van der Waals surface area contributed by atoms with Crippen LogP contribution in [0.15, 0.2) is 72.8 Å². The number of aryl methyl sites for hydroxylation is 3. The largest absolute Gasteiger partial charge is 0.319 e. The number of anilines is 1. The average Bonchev–Trinajstić information content (AvgIpc) is 3.20. The number of hydrogen-bond donors (Lipinski definition) is 1. The van der Waals surface area contributed by atoms with E-state index in [1.165, 1.54) is 5.56 Å². The Labute approximate surface area is 176 Å². The van der Waals surface area contributed by atoms with E-state index in [0.29, 0.717) is 5.82 Å². The summed E-state index contributed by atoms with van der Waals surface area (Å²) < 4.78 is 1.75. The Bertz CT molecular complexity index is 1170. The molecule has 3 aromatic carbocycles. The van der Waals surface area contributed by atoms with E-state index in [1.807, 2.05) is 86.6 Å². The molecule has 0 radical (unpaired) electrons. The summed E-state index contributed by atoms with van der Waals surface area (Å²) in [5.74, 6) is 0.434. The van der Waals surface area contributed by atoms with Gasteiger partial charge in [-0.05, 0) is 49.6 Å². The van der Waals surface area contributed by atoms with Crippen molar-refractivity contribution in [1.82, 2.24) is 14.8 Å². The number of aromatic nitrogens is 3. The van der Waals surface area contributed by atoms with E-state index in [2.05, 4.69) is 22.3 Å². The molecule has 1 amide bonds. The van der Waals surface area contributed by atoms with Crippen molar-refractivity contribution in [3.8, 4) is 17.1 Å². The Morgan fingerprint density at radius 1 is 0.933 bits per heavy atom. The predicted octanol–water partition coefficient (Wildman–Crippen LogP) is 5.37. The van der Waals surface area contributed by atoms with E-state index < -0.39 is 0 Å². The van der Waals surface area contributed by atoms with Gasteiger partial charge in [-0.25, -0.2) is 9.67 Å². The Balaban J connectivity index is 1.73. The van der Waals surface area contributed by atoms with Crippen LogP contribution in [0, 0.1) is 13.8 Å². The number of para-hydroxylation sites is 1. The lowest BCUT2D eigenvalue weighted by Crippen LogP contribution is -2.14. The third kappa shape index (κ3) is 4.01. The summed E-state index contributed by atoms with van der Waals surface area (Å²) >= 11 is 0. The van der Waals surface area contributed by atoms with Gasteiger partial charge in [0.2, 0.25) is 5.82 Å². The number of nitrogens with zero attached hydrogens (tertiary/aromatic N) is 3. The van der Waals surface area contributed by atoms with Crippen molar-refractivity contribution in [1.29, 1.82) is 0 Å². The van der Waals surface area contributed by atoms with Crippen molar-refractivity contribution >= 4 is 11.6 Å². The van der Waals surface area contributed by atoms with Crippen LogP contribution in [0.2, 0.25) is 0 Å². The molecular formula is C25H24N4O. The summed E-state index contributed by atoms with van der Waals surface area (Å²) in [6.07, 6.45) is 0.955. The molecule has 150 valence electrons. The predicted molar refractivity (Wildman–Crippen MR) is 120 cm³/mol. The SMILES string of the molecule is CCc1ccc(NC(=O)c2nc(-c3ccc(C)cc3)n(-c3ccccc3C)n2)cc1. The molecule has 4 aromatic rings. The van der Waals surface area contributed by atoms with Crippen molar-refractivity contribution in [2.45, 2.75) is 27.2 Å². The van der Waals surface area contributed by atoms with Gasteiger partial charge in [-0.1, -0.05) is 67.1 Å². The molecule has 0 saturated carbocycles. The van der Waals surface area contributed by atoms with E-state index in [-0.39, 0.29) is 11.7 Å². The summed E-state index contributed by atoms with van der Waals surface area (Å²) in [4.78, 5) is 17.5. The van der Waals surface area contributed by atoms with Gasteiger partial charge in [0.15, 0.2) is 5.82 Å². The van der Waals surface area contributed by atoms with E-state index in [1.54, 1.807) is 4.68 Å². The molecule has 30 heavy (non-hydrogen) atoms. The van der Waals surface area contributed by atoms with Crippen molar-refractivity contribution in [2.75, 3.05) is 5.32 Å². The second-order valence-corrected chi connectivity index (χ2v) is 7.33. The summed E-state index contributed by atoms with van der Waals surface area (Å²) in [5, 5.41) is 7.46. The minimum Gasteiger partial charge on any atom is -0.319 e. The maximum atomic E-state index is 12.9. The Hall–Kier alpha value is -3.73. The first-order valence-electron chi connectivity index (χ1n) is 10.1. The lowest BCUT2D eigenvalue weighted by atomic mass is 10.1. The number of rotatable bonds is 5. The molecule has 0 aliphatic heterocycles. The second kappa shape index (κ2) is 8.33. The summed E-state index contributed by atoms with van der Waals surface area (Å²) in [6, 6.07) is 23.8. The molecule has 0 unspecified atom stereocenters. The highest BCUT2D eigenvalue weighted by atomic mass is 16.2. The Kier molecular flexibility index (Phi) is 5.44. The molecule has 0 bridgehead atoms. The topological polar surface area (TPSA) is 59.8 Å². The molecule has 1 aromatic heterocycles. The smallest absolute Gasteiger partial charge is 0.295 e. The normalized spacial score (nSPS) is 10.8. The number of carbonyl (C=O) groups excluding carboxylic acids is 1. The number of benzene rings is 3. The molecule has 5 nitrogen and oxygen atoms in total. The van der Waals surface area contributed by atoms with Crippen LogP contribution in [0.4, 0.5) is 5.69 Å². The van der Waals surface area contributed by atoms with E-state index in [4.69, 9.17) is 0 Å². The van der Waals surface area contributed by atoms with Crippen LogP contribution in [0.25, 0.3) is 17.1 Å². The minimum absolute atomic E-state index is 0.133. The van der Waals surface area contributed by atoms with Crippen molar-refractivity contribution in [3.63, 3.8) is 0 Å². The van der Waals surface area contributed by atoms with Gasteiger partial charge in [0.1, 0.15) is 0 Å². The Morgan fingerprint density at radius 2 is 1.63 bits per heavy atom. The van der Waals surface area contributed by atoms with Crippen molar-refractivity contribution in [3.05, 3.63) is 95.3 Å². The van der Waals surface area contributed by atoms with Crippen molar-refractivity contribution < 1.29 is 4.79 Å². The number of amides is 1. The molecule has 0 fully saturated rings. The van der Waals surface area contributed by atoms with Gasteiger partial charge >= 0.3 is 0 Å². The highest BCUT2D eigenvalue weighted by Crippen LogP contribution is 2.24. The molecule has 4 rings (SSSR count). The fourth-order valence-electron chi connectivity index (χ4n) is 3.28. The molecule has 1 heterocycles. The molecule has 0 saturated heterocycles. The molecule has 0 aliphatic carbocycles. The second-order valence-electron chi connectivity index (χ2n) is 7.33. The van der Waals surface area contributed by atoms with E-state index in [9.17, 15) is 4.79 Å². The van der Waals surface area contributed by atoms with Gasteiger partial charge in [0, 0.05) is 11.3 Å². The van der Waals surface area contributed by atoms with Crippen LogP contribution in [-0.2, 0) is 6.42 Å². The maximum Gasteiger partial charge on any atom is 0.295 e. The number of hydrogen-bond acceptors (Lipinski definition) is 3.